The van der Waals surface area contributed by atoms with Crippen LogP contribution in [0.25, 0.3) is 0 Å². The molecule has 1 N–H and O–H groups in total. The number of hydrogen-bond acceptors (Lipinski definition) is 1. The first-order valence-electron chi connectivity index (χ1n) is 5.18. The summed E-state index contributed by atoms with van der Waals surface area (Å²) < 4.78 is 0. The normalized spacial score (nSPS) is 21.5. The molecular weight excluding hydrogens is 194 g/mol. The van der Waals surface area contributed by atoms with Crippen molar-refractivity contribution in [2.24, 2.45) is 0 Å². The van der Waals surface area contributed by atoms with Crippen LogP contribution in [0, 0.1) is 13.8 Å². The molecule has 0 radical (unpaired) electrons. The van der Waals surface area contributed by atoms with Crippen LogP contribution in [0.1, 0.15) is 35.6 Å². The average molecular weight is 210 g/mol. The highest BCUT2D eigenvalue weighted by Crippen LogP contribution is 2.28. The standard InChI is InChI=1S/C12H16ClN/c1-8-6-10(7-9(2)12(8)13)11-4-3-5-14-11/h6-7,11,14H,3-5H2,1-2H3. The van der Waals surface area contributed by atoms with Crippen LogP contribution in [0.15, 0.2) is 12.1 Å². The fraction of sp³-hybridized carbons (Fsp3) is 0.500. The minimum absolute atomic E-state index is 0.546. The van der Waals surface area contributed by atoms with Gasteiger partial charge in [0.05, 0.1) is 0 Å². The summed E-state index contributed by atoms with van der Waals surface area (Å²) in [5, 5.41) is 4.41. The molecule has 0 spiro atoms. The highest BCUT2D eigenvalue weighted by Gasteiger charge is 2.17. The lowest BCUT2D eigenvalue weighted by Crippen LogP contribution is -2.13. The second-order valence-corrected chi connectivity index (χ2v) is 4.50. The first kappa shape index (κ1) is 10.0. The molecule has 1 atom stereocenters. The first-order chi connectivity index (χ1) is 6.68. The van der Waals surface area contributed by atoms with Crippen LogP contribution < -0.4 is 5.32 Å². The molecule has 0 aliphatic carbocycles. The zero-order valence-electron chi connectivity index (χ0n) is 8.73. The van der Waals surface area contributed by atoms with Gasteiger partial charge in [-0.3, -0.25) is 0 Å². The van der Waals surface area contributed by atoms with Gasteiger partial charge in [0.2, 0.25) is 0 Å². The van der Waals surface area contributed by atoms with Gasteiger partial charge in [-0.25, -0.2) is 0 Å². The van der Waals surface area contributed by atoms with Crippen molar-refractivity contribution in [3.8, 4) is 0 Å². The first-order valence-corrected chi connectivity index (χ1v) is 5.56. The van der Waals surface area contributed by atoms with E-state index in [-0.39, 0.29) is 0 Å². The van der Waals surface area contributed by atoms with Gasteiger partial charge in [-0.05, 0) is 49.9 Å². The minimum Gasteiger partial charge on any atom is -0.310 e. The van der Waals surface area contributed by atoms with Crippen molar-refractivity contribution < 1.29 is 0 Å². The molecule has 1 unspecified atom stereocenters. The van der Waals surface area contributed by atoms with Crippen molar-refractivity contribution in [3.05, 3.63) is 33.8 Å². The van der Waals surface area contributed by atoms with Crippen LogP contribution in [0.4, 0.5) is 0 Å². The number of hydrogen-bond donors (Lipinski definition) is 1. The van der Waals surface area contributed by atoms with Crippen molar-refractivity contribution >= 4 is 11.6 Å². The molecule has 76 valence electrons. The smallest absolute Gasteiger partial charge is 0.0464 e. The number of benzene rings is 1. The molecule has 0 aromatic heterocycles. The Kier molecular flexibility index (Phi) is 2.80. The monoisotopic (exact) mass is 209 g/mol. The SMILES string of the molecule is Cc1cc(C2CCCN2)cc(C)c1Cl. The van der Waals surface area contributed by atoms with Gasteiger partial charge in [0.1, 0.15) is 0 Å². The van der Waals surface area contributed by atoms with Crippen LogP contribution in [0.2, 0.25) is 5.02 Å². The second-order valence-electron chi connectivity index (χ2n) is 4.12. The average Bonchev–Trinajstić information content (AvgIpc) is 2.66. The van der Waals surface area contributed by atoms with Gasteiger partial charge >= 0.3 is 0 Å². The topological polar surface area (TPSA) is 12.0 Å². The molecule has 1 fully saturated rings. The van der Waals surface area contributed by atoms with Crippen molar-refractivity contribution in [2.45, 2.75) is 32.7 Å². The van der Waals surface area contributed by atoms with Crippen LogP contribution in [-0.4, -0.2) is 6.54 Å². The van der Waals surface area contributed by atoms with Crippen molar-refractivity contribution in [3.63, 3.8) is 0 Å². The van der Waals surface area contributed by atoms with E-state index >= 15 is 0 Å². The Hall–Kier alpha value is -0.530. The zero-order chi connectivity index (χ0) is 10.1. The summed E-state index contributed by atoms with van der Waals surface area (Å²) in [5.41, 5.74) is 3.77. The van der Waals surface area contributed by atoms with Crippen molar-refractivity contribution in [2.75, 3.05) is 6.54 Å². The fourth-order valence-corrected chi connectivity index (χ4v) is 2.26. The number of halogens is 1. The quantitative estimate of drug-likeness (QED) is 0.748. The Morgan fingerprint density at radius 1 is 1.29 bits per heavy atom. The number of aryl methyl sites for hydroxylation is 2. The molecule has 0 amide bonds. The van der Waals surface area contributed by atoms with Crippen LogP contribution >= 0.6 is 11.6 Å². The van der Waals surface area contributed by atoms with Crippen LogP contribution in [0.5, 0.6) is 0 Å². The minimum atomic E-state index is 0.546. The summed E-state index contributed by atoms with van der Waals surface area (Å²) in [6.07, 6.45) is 2.53. The molecule has 1 aliphatic rings. The highest BCUT2D eigenvalue weighted by atomic mass is 35.5. The molecule has 1 nitrogen and oxygen atoms in total. The molecule has 1 aromatic rings. The Morgan fingerprint density at radius 3 is 2.43 bits per heavy atom. The maximum atomic E-state index is 6.14. The van der Waals surface area contributed by atoms with E-state index in [2.05, 4.69) is 31.3 Å². The summed E-state index contributed by atoms with van der Waals surface area (Å²) >= 11 is 6.14. The summed E-state index contributed by atoms with van der Waals surface area (Å²) in [5.74, 6) is 0. The van der Waals surface area contributed by atoms with Gasteiger partial charge in [0.25, 0.3) is 0 Å². The molecule has 0 bridgehead atoms. The lowest BCUT2D eigenvalue weighted by atomic mass is 10.0. The van der Waals surface area contributed by atoms with E-state index in [0.717, 1.165) is 11.6 Å². The summed E-state index contributed by atoms with van der Waals surface area (Å²) in [7, 11) is 0. The van der Waals surface area contributed by atoms with E-state index in [0.29, 0.717) is 6.04 Å². The third-order valence-corrected chi connectivity index (χ3v) is 3.52. The summed E-state index contributed by atoms with van der Waals surface area (Å²) in [4.78, 5) is 0. The van der Waals surface area contributed by atoms with E-state index < -0.39 is 0 Å². The Labute approximate surface area is 90.5 Å². The summed E-state index contributed by atoms with van der Waals surface area (Å²) in [6.45, 7) is 5.30. The van der Waals surface area contributed by atoms with Crippen LogP contribution in [-0.2, 0) is 0 Å². The van der Waals surface area contributed by atoms with Crippen molar-refractivity contribution in [1.82, 2.24) is 5.32 Å². The predicted molar refractivity (Wildman–Crippen MR) is 60.9 cm³/mol. The summed E-state index contributed by atoms with van der Waals surface area (Å²) in [6, 6.07) is 4.96. The van der Waals surface area contributed by atoms with Gasteiger partial charge < -0.3 is 5.32 Å². The molecular formula is C12H16ClN. The zero-order valence-corrected chi connectivity index (χ0v) is 9.49. The molecule has 1 aliphatic heterocycles. The third kappa shape index (κ3) is 1.79. The maximum Gasteiger partial charge on any atom is 0.0464 e. The van der Waals surface area contributed by atoms with Crippen LogP contribution in [0.3, 0.4) is 0 Å². The molecule has 2 rings (SSSR count). The number of rotatable bonds is 1. The van der Waals surface area contributed by atoms with Gasteiger partial charge in [-0.15, -0.1) is 0 Å². The molecule has 1 heterocycles. The Morgan fingerprint density at radius 2 is 1.93 bits per heavy atom. The highest BCUT2D eigenvalue weighted by molar-refractivity contribution is 6.32. The van der Waals surface area contributed by atoms with Gasteiger partial charge in [0, 0.05) is 11.1 Å². The Balaban J connectivity index is 2.34. The van der Waals surface area contributed by atoms with Gasteiger partial charge in [-0.2, -0.15) is 0 Å². The molecule has 1 saturated heterocycles. The van der Waals surface area contributed by atoms with Gasteiger partial charge in [0.15, 0.2) is 0 Å². The Bertz CT molecular complexity index is 317. The predicted octanol–water partition coefficient (Wildman–Crippen LogP) is 3.38. The lowest BCUT2D eigenvalue weighted by molar-refractivity contribution is 0.647. The van der Waals surface area contributed by atoms with E-state index in [1.54, 1.807) is 0 Å². The van der Waals surface area contributed by atoms with E-state index in [1.165, 1.54) is 29.5 Å². The van der Waals surface area contributed by atoms with Gasteiger partial charge in [-0.1, -0.05) is 23.7 Å². The maximum absolute atomic E-state index is 6.14. The molecule has 1 aromatic carbocycles. The molecule has 0 saturated carbocycles. The fourth-order valence-electron chi connectivity index (χ4n) is 2.15. The van der Waals surface area contributed by atoms with Crippen molar-refractivity contribution in [1.29, 1.82) is 0 Å². The van der Waals surface area contributed by atoms with E-state index in [4.69, 9.17) is 11.6 Å². The third-order valence-electron chi connectivity index (χ3n) is 2.92. The lowest BCUT2D eigenvalue weighted by Gasteiger charge is -2.13. The second kappa shape index (κ2) is 3.92. The van der Waals surface area contributed by atoms with E-state index in [9.17, 15) is 0 Å². The molecule has 2 heteroatoms. The van der Waals surface area contributed by atoms with E-state index in [1.807, 2.05) is 0 Å². The molecule has 14 heavy (non-hydrogen) atoms. The largest absolute Gasteiger partial charge is 0.310 e. The number of nitrogens with one attached hydrogen (secondary N) is 1.